The zero-order valence-corrected chi connectivity index (χ0v) is 16.9. The summed E-state index contributed by atoms with van der Waals surface area (Å²) in [5.41, 5.74) is 3.79. The van der Waals surface area contributed by atoms with Gasteiger partial charge in [0, 0.05) is 6.54 Å². The Morgan fingerprint density at radius 1 is 1.30 bits per heavy atom. The lowest BCUT2D eigenvalue weighted by atomic mass is 10.1. The van der Waals surface area contributed by atoms with E-state index in [-0.39, 0.29) is 11.7 Å². The molecule has 0 unspecified atom stereocenters. The van der Waals surface area contributed by atoms with Crippen LogP contribution in [-0.4, -0.2) is 36.6 Å². The normalized spacial score (nSPS) is 10.8. The van der Waals surface area contributed by atoms with Gasteiger partial charge in [-0.1, -0.05) is 35.2 Å². The van der Waals surface area contributed by atoms with E-state index in [1.807, 2.05) is 37.5 Å². The van der Waals surface area contributed by atoms with Crippen molar-refractivity contribution in [2.45, 2.75) is 39.1 Å². The van der Waals surface area contributed by atoms with Crippen LogP contribution in [0.4, 0.5) is 5.13 Å². The monoisotopic (exact) mass is 404 g/mol. The number of hydrogen-bond donors (Lipinski definition) is 1. The number of nitrogens with one attached hydrogen (secondary N) is 1. The Balaban J connectivity index is 1.60. The summed E-state index contributed by atoms with van der Waals surface area (Å²) < 4.78 is 7.88. The molecule has 0 aliphatic carbocycles. The fourth-order valence-corrected chi connectivity index (χ4v) is 3.65. The smallest absolute Gasteiger partial charge is 0.236 e. The van der Waals surface area contributed by atoms with Crippen LogP contribution in [0.1, 0.15) is 23.9 Å². The fraction of sp³-hybridized carbons (Fsp3) is 0.353. The van der Waals surface area contributed by atoms with Gasteiger partial charge < -0.3 is 9.30 Å². The van der Waals surface area contributed by atoms with Crippen LogP contribution < -0.4 is 10.1 Å². The molecule has 0 saturated heterocycles. The summed E-state index contributed by atoms with van der Waals surface area (Å²) in [6.07, 6.45) is 0. The molecular formula is C17H20N6O2S2. The van der Waals surface area contributed by atoms with E-state index in [2.05, 4.69) is 31.8 Å². The van der Waals surface area contributed by atoms with Gasteiger partial charge in [0.2, 0.25) is 11.0 Å². The summed E-state index contributed by atoms with van der Waals surface area (Å²) in [6.45, 7) is 7.07. The van der Waals surface area contributed by atoms with Crippen molar-refractivity contribution in [2.75, 3.05) is 11.1 Å². The third-order valence-corrected chi connectivity index (χ3v) is 5.32. The molecule has 1 amide bonds. The van der Waals surface area contributed by atoms with Gasteiger partial charge in [-0.15, -0.1) is 20.4 Å². The van der Waals surface area contributed by atoms with E-state index >= 15 is 0 Å². The summed E-state index contributed by atoms with van der Waals surface area (Å²) in [7, 11) is 0. The number of carbonyl (C=O) groups excluding carboxylic acids is 1. The van der Waals surface area contributed by atoms with Crippen molar-refractivity contribution >= 4 is 34.1 Å². The first-order chi connectivity index (χ1) is 13.1. The van der Waals surface area contributed by atoms with Gasteiger partial charge in [-0.2, -0.15) is 0 Å². The van der Waals surface area contributed by atoms with Crippen molar-refractivity contribution < 1.29 is 9.53 Å². The topological polar surface area (TPSA) is 94.8 Å². The minimum absolute atomic E-state index is 0.157. The molecule has 0 fully saturated rings. The summed E-state index contributed by atoms with van der Waals surface area (Å²) in [5.74, 6) is 1.63. The van der Waals surface area contributed by atoms with E-state index in [1.165, 1.54) is 23.1 Å². The maximum atomic E-state index is 12.0. The lowest BCUT2D eigenvalue weighted by Crippen LogP contribution is -2.14. The van der Waals surface area contributed by atoms with Gasteiger partial charge in [0.25, 0.3) is 0 Å². The molecule has 0 saturated carbocycles. The van der Waals surface area contributed by atoms with E-state index in [9.17, 15) is 4.79 Å². The number of nitrogens with zero attached hydrogens (tertiary/aromatic N) is 5. The van der Waals surface area contributed by atoms with E-state index in [0.717, 1.165) is 22.7 Å². The number of carbonyl (C=O) groups is 1. The molecule has 3 aromatic rings. The number of amides is 1. The predicted molar refractivity (Wildman–Crippen MR) is 105 cm³/mol. The predicted octanol–water partition coefficient (Wildman–Crippen LogP) is 3.08. The highest BCUT2D eigenvalue weighted by Crippen LogP contribution is 2.22. The van der Waals surface area contributed by atoms with Gasteiger partial charge in [-0.25, -0.2) is 0 Å². The first-order valence-electron chi connectivity index (χ1n) is 8.37. The molecule has 0 bridgehead atoms. The second kappa shape index (κ2) is 8.96. The molecule has 8 nitrogen and oxygen atoms in total. The van der Waals surface area contributed by atoms with E-state index in [4.69, 9.17) is 4.74 Å². The zero-order valence-electron chi connectivity index (χ0n) is 15.3. The maximum Gasteiger partial charge on any atom is 0.236 e. The molecule has 1 aromatic carbocycles. The Labute approximate surface area is 165 Å². The van der Waals surface area contributed by atoms with Crippen molar-refractivity contribution in [1.29, 1.82) is 0 Å². The first kappa shape index (κ1) is 19.3. The lowest BCUT2D eigenvalue weighted by Gasteiger charge is -2.11. The highest BCUT2D eigenvalue weighted by molar-refractivity contribution is 7.99. The summed E-state index contributed by atoms with van der Waals surface area (Å²) in [4.78, 5) is 12.0. The first-order valence-corrected chi connectivity index (χ1v) is 10.2. The molecule has 0 atom stereocenters. The second-order valence-electron chi connectivity index (χ2n) is 5.78. The van der Waals surface area contributed by atoms with Crippen LogP contribution in [0.15, 0.2) is 28.9 Å². The number of thioether (sulfide) groups is 1. The number of hydrogen-bond acceptors (Lipinski definition) is 8. The molecule has 0 spiro atoms. The Morgan fingerprint density at radius 2 is 2.15 bits per heavy atom. The Bertz CT molecular complexity index is 910. The fourth-order valence-electron chi connectivity index (χ4n) is 2.37. The van der Waals surface area contributed by atoms with Crippen molar-refractivity contribution in [3.8, 4) is 5.75 Å². The van der Waals surface area contributed by atoms with Gasteiger partial charge in [-0.3, -0.25) is 10.1 Å². The summed E-state index contributed by atoms with van der Waals surface area (Å²) >= 11 is 2.61. The SMILES string of the molecule is CCn1c(COc2cc(C)ccc2C)nnc1SCC(=O)Nc1nncs1. The van der Waals surface area contributed by atoms with Crippen LogP contribution in [0.5, 0.6) is 5.75 Å². The minimum atomic E-state index is -0.157. The third kappa shape index (κ3) is 5.04. The molecule has 142 valence electrons. The standard InChI is InChI=1S/C17H20N6O2S2/c1-4-23-14(8-25-13-7-11(2)5-6-12(13)3)20-22-17(23)26-9-15(24)19-16-21-18-10-27-16/h5-7,10H,4,8-9H2,1-3H3,(H,19,21,24). The number of anilines is 1. The molecule has 1 N–H and O–H groups in total. The van der Waals surface area contributed by atoms with Crippen molar-refractivity contribution in [3.63, 3.8) is 0 Å². The highest BCUT2D eigenvalue weighted by atomic mass is 32.2. The van der Waals surface area contributed by atoms with E-state index in [1.54, 1.807) is 5.51 Å². The van der Waals surface area contributed by atoms with Crippen LogP contribution in [0.2, 0.25) is 0 Å². The van der Waals surface area contributed by atoms with Gasteiger partial charge in [0.05, 0.1) is 5.75 Å². The average molecular weight is 405 g/mol. The summed E-state index contributed by atoms with van der Waals surface area (Å²) in [5, 5.41) is 19.8. The van der Waals surface area contributed by atoms with Gasteiger partial charge in [0.1, 0.15) is 17.9 Å². The van der Waals surface area contributed by atoms with E-state index in [0.29, 0.717) is 23.4 Å². The lowest BCUT2D eigenvalue weighted by molar-refractivity contribution is -0.113. The number of rotatable bonds is 8. The number of aromatic nitrogens is 5. The molecule has 0 aliphatic heterocycles. The van der Waals surface area contributed by atoms with E-state index < -0.39 is 0 Å². The molecule has 10 heteroatoms. The maximum absolute atomic E-state index is 12.0. The Morgan fingerprint density at radius 3 is 2.89 bits per heavy atom. The number of benzene rings is 1. The van der Waals surface area contributed by atoms with Crippen LogP contribution in [0, 0.1) is 13.8 Å². The number of aryl methyl sites for hydroxylation is 2. The average Bonchev–Trinajstić information content (AvgIpc) is 3.30. The van der Waals surface area contributed by atoms with Crippen LogP contribution in [0.3, 0.4) is 0 Å². The Kier molecular flexibility index (Phi) is 6.40. The molecular weight excluding hydrogens is 384 g/mol. The second-order valence-corrected chi connectivity index (χ2v) is 7.56. The van der Waals surface area contributed by atoms with Crippen molar-refractivity contribution in [2.24, 2.45) is 0 Å². The number of ether oxygens (including phenoxy) is 1. The molecule has 0 aliphatic rings. The molecule has 0 radical (unpaired) electrons. The largest absolute Gasteiger partial charge is 0.485 e. The minimum Gasteiger partial charge on any atom is -0.485 e. The van der Waals surface area contributed by atoms with Gasteiger partial charge >= 0.3 is 0 Å². The van der Waals surface area contributed by atoms with Gasteiger partial charge in [0.15, 0.2) is 11.0 Å². The highest BCUT2D eigenvalue weighted by Gasteiger charge is 2.14. The van der Waals surface area contributed by atoms with Crippen LogP contribution >= 0.6 is 23.1 Å². The summed E-state index contributed by atoms with van der Waals surface area (Å²) in [6, 6.07) is 6.10. The molecule has 2 aromatic heterocycles. The Hall–Kier alpha value is -2.46. The quantitative estimate of drug-likeness (QED) is 0.577. The van der Waals surface area contributed by atoms with Gasteiger partial charge in [-0.05, 0) is 38.0 Å². The molecule has 27 heavy (non-hydrogen) atoms. The van der Waals surface area contributed by atoms with Crippen LogP contribution in [-0.2, 0) is 17.9 Å². The van der Waals surface area contributed by atoms with Crippen molar-refractivity contribution in [3.05, 3.63) is 40.7 Å². The molecule has 3 rings (SSSR count). The van der Waals surface area contributed by atoms with Crippen molar-refractivity contribution in [1.82, 2.24) is 25.0 Å². The molecule has 2 heterocycles. The van der Waals surface area contributed by atoms with Crippen LogP contribution in [0.25, 0.3) is 0 Å². The third-order valence-electron chi connectivity index (χ3n) is 3.75. The zero-order chi connectivity index (χ0) is 19.2.